The minimum atomic E-state index is -1.79. The van der Waals surface area contributed by atoms with Crippen molar-refractivity contribution < 1.29 is 18.0 Å². The van der Waals surface area contributed by atoms with Crippen molar-refractivity contribution in [3.8, 4) is 0 Å². The third kappa shape index (κ3) is 12.3. The van der Waals surface area contributed by atoms with Crippen molar-refractivity contribution in [2.24, 2.45) is 0 Å². The summed E-state index contributed by atoms with van der Waals surface area (Å²) in [7, 11) is 10.3. The SMILES string of the molecule is Cc1cc2ccccc2[cH-]1.[Si]=[Zr]([Cl])[Cl].[c-]1ccccc1.[c-]1ccccc1. The van der Waals surface area contributed by atoms with Crippen molar-refractivity contribution in [1.29, 1.82) is 0 Å². The third-order valence-corrected chi connectivity index (χ3v) is 2.98. The molecule has 4 rings (SSSR count). The van der Waals surface area contributed by atoms with Crippen LogP contribution in [0.4, 0.5) is 0 Å². The molecule has 0 saturated heterocycles. The topological polar surface area (TPSA) is 0 Å². The summed E-state index contributed by atoms with van der Waals surface area (Å²) >= 11 is -1.79. The summed E-state index contributed by atoms with van der Waals surface area (Å²) < 4.78 is 0. The third-order valence-electron chi connectivity index (χ3n) is 2.98. The maximum Gasteiger partial charge on any atom is -0.171 e. The zero-order valence-corrected chi connectivity index (χ0v) is 19.5. The second kappa shape index (κ2) is 15.1. The van der Waals surface area contributed by atoms with Gasteiger partial charge in [-0.15, -0.1) is 40.6 Å². The molecule has 0 N–H and O–H groups in total. The van der Waals surface area contributed by atoms with E-state index >= 15 is 0 Å². The van der Waals surface area contributed by atoms with Crippen molar-refractivity contribution in [3.05, 3.63) is 115 Å². The zero-order chi connectivity index (χ0) is 19.0. The second-order valence-corrected chi connectivity index (χ2v) is 18.7. The van der Waals surface area contributed by atoms with Crippen LogP contribution in [0.15, 0.2) is 97.1 Å². The average Bonchev–Trinajstić information content (AvgIpc) is 3.05. The minimum absolute atomic E-state index is 1.35. The van der Waals surface area contributed by atoms with Crippen molar-refractivity contribution in [1.82, 2.24) is 0 Å². The van der Waals surface area contributed by atoms with Crippen LogP contribution in [0.3, 0.4) is 0 Å². The standard InChI is InChI=1S/C10H9.2C6H5.2ClH.Si.Zr/c1-8-6-9-4-2-3-5-10(9)7-8;2*1-2-4-6-5-3-1;;;;/h2-7H,1H3;2*1-5H;2*1H;;/q3*-1;;;;+2/p-2. The van der Waals surface area contributed by atoms with E-state index < -0.39 is 18.0 Å². The van der Waals surface area contributed by atoms with Gasteiger partial charge in [-0.1, -0.05) is 13.0 Å². The molecule has 0 spiro atoms. The number of rotatable bonds is 0. The second-order valence-electron chi connectivity index (χ2n) is 5.08. The van der Waals surface area contributed by atoms with Gasteiger partial charge < -0.3 is 0 Å². The summed E-state index contributed by atoms with van der Waals surface area (Å²) in [5.41, 5.74) is 1.35. The molecule has 0 amide bonds. The molecule has 0 bridgehead atoms. The predicted molar refractivity (Wildman–Crippen MR) is 112 cm³/mol. The van der Waals surface area contributed by atoms with Gasteiger partial charge in [-0.05, 0) is 0 Å². The Balaban J connectivity index is 0.000000185. The molecule has 0 aliphatic rings. The predicted octanol–water partition coefficient (Wildman–Crippen LogP) is 6.84. The molecule has 0 aliphatic carbocycles. The quantitative estimate of drug-likeness (QED) is 0.194. The first-order valence-corrected chi connectivity index (χ1v) is 18.4. The monoisotopic (exact) mass is 471 g/mol. The Morgan fingerprint density at radius 1 is 0.808 bits per heavy atom. The van der Waals surface area contributed by atoms with Gasteiger partial charge in [0.15, 0.2) is 0 Å². The van der Waals surface area contributed by atoms with Gasteiger partial charge in [-0.25, -0.2) is 0 Å². The van der Waals surface area contributed by atoms with Crippen LogP contribution in [0.5, 0.6) is 0 Å². The van der Waals surface area contributed by atoms with E-state index in [1.165, 1.54) is 16.3 Å². The first kappa shape index (κ1) is 23.0. The Morgan fingerprint density at radius 2 is 1.27 bits per heavy atom. The number of hydrogen-bond acceptors (Lipinski definition) is 0. The van der Waals surface area contributed by atoms with E-state index in [2.05, 4.69) is 62.3 Å². The van der Waals surface area contributed by atoms with Gasteiger partial charge in [0.1, 0.15) is 0 Å². The molecule has 0 saturated carbocycles. The Labute approximate surface area is 173 Å². The number of aryl methyl sites for hydroxylation is 1. The summed E-state index contributed by atoms with van der Waals surface area (Å²) in [4.78, 5) is 0. The van der Waals surface area contributed by atoms with Crippen LogP contribution >= 0.6 is 17.0 Å². The minimum Gasteiger partial charge on any atom is -0.184 e. The Bertz CT molecular complexity index is 724. The molecule has 0 aromatic heterocycles. The Kier molecular flexibility index (Phi) is 13.3. The van der Waals surface area contributed by atoms with E-state index in [1.807, 2.05) is 60.7 Å². The van der Waals surface area contributed by atoms with Gasteiger partial charge in [0.2, 0.25) is 0 Å². The number of hydrogen-bond donors (Lipinski definition) is 0. The molecule has 0 atom stereocenters. The van der Waals surface area contributed by atoms with E-state index in [9.17, 15) is 0 Å². The van der Waals surface area contributed by atoms with Gasteiger partial charge in [-0.3, -0.25) is 0 Å². The first-order chi connectivity index (χ1) is 12.6. The van der Waals surface area contributed by atoms with E-state index in [4.69, 9.17) is 17.0 Å². The molecule has 132 valence electrons. The van der Waals surface area contributed by atoms with E-state index in [0.29, 0.717) is 0 Å². The number of benzene rings is 3. The van der Waals surface area contributed by atoms with Crippen molar-refractivity contribution in [3.63, 3.8) is 0 Å². The first-order valence-electron chi connectivity index (χ1n) is 7.93. The van der Waals surface area contributed by atoms with Crippen LogP contribution in [0.2, 0.25) is 0 Å². The van der Waals surface area contributed by atoms with Crippen molar-refractivity contribution in [2.75, 3.05) is 0 Å². The fourth-order valence-electron chi connectivity index (χ4n) is 1.99. The summed E-state index contributed by atoms with van der Waals surface area (Å²) in [5.74, 6) is 0. The van der Waals surface area contributed by atoms with Gasteiger partial charge in [0, 0.05) is 0 Å². The number of halogens is 2. The molecule has 26 heavy (non-hydrogen) atoms. The van der Waals surface area contributed by atoms with Crippen molar-refractivity contribution >= 4 is 34.7 Å². The number of fused-ring (bicyclic) bond motifs is 1. The maximum absolute atomic E-state index is 5.15. The van der Waals surface area contributed by atoms with Crippen LogP contribution in [0, 0.1) is 19.1 Å². The molecule has 0 nitrogen and oxygen atoms in total. The van der Waals surface area contributed by atoms with Crippen LogP contribution in [0.1, 0.15) is 5.56 Å². The molecule has 0 heterocycles. The van der Waals surface area contributed by atoms with Crippen molar-refractivity contribution in [2.45, 2.75) is 6.92 Å². The summed E-state index contributed by atoms with van der Waals surface area (Å²) in [6.07, 6.45) is 0. The Hall–Kier alpha value is -1.05. The molecule has 4 aromatic carbocycles. The molecule has 0 aliphatic heterocycles. The van der Waals surface area contributed by atoms with Gasteiger partial charge in [-0.2, -0.15) is 78.9 Å². The van der Waals surface area contributed by atoms with E-state index in [1.54, 1.807) is 0 Å². The summed E-state index contributed by atoms with van der Waals surface area (Å²) in [6, 6.07) is 37.8. The molecule has 2 radical (unpaired) electrons. The largest absolute Gasteiger partial charge is 0.184 e. The average molecular weight is 474 g/mol. The molecular formula is C22H19Cl2SiZr-3. The van der Waals surface area contributed by atoms with Crippen LogP contribution in [-0.4, -0.2) is 6.88 Å². The maximum atomic E-state index is 5.15. The molecule has 4 heteroatoms. The van der Waals surface area contributed by atoms with E-state index in [-0.39, 0.29) is 0 Å². The molecule has 0 fully saturated rings. The molecule has 4 aromatic rings. The van der Waals surface area contributed by atoms with Crippen LogP contribution < -0.4 is 0 Å². The van der Waals surface area contributed by atoms with Gasteiger partial charge >= 0.3 is 41.9 Å². The van der Waals surface area contributed by atoms with Crippen LogP contribution in [0.25, 0.3) is 10.8 Å². The van der Waals surface area contributed by atoms with Crippen LogP contribution in [-0.2, 0) is 18.0 Å². The zero-order valence-electron chi connectivity index (χ0n) is 14.5. The Morgan fingerprint density at radius 3 is 1.62 bits per heavy atom. The smallest absolute Gasteiger partial charge is 0.171 e. The van der Waals surface area contributed by atoms with Gasteiger partial charge in [0.05, 0.1) is 0 Å². The molecular weight excluding hydrogens is 454 g/mol. The van der Waals surface area contributed by atoms with E-state index in [0.717, 1.165) is 0 Å². The summed E-state index contributed by atoms with van der Waals surface area (Å²) in [6.45, 7) is 5.16. The fraction of sp³-hybridized carbons (Fsp3) is 0.0455. The normalized spacial score (nSPS) is 8.73. The summed E-state index contributed by atoms with van der Waals surface area (Å²) in [5, 5.41) is 2.69. The fourth-order valence-corrected chi connectivity index (χ4v) is 1.99. The molecule has 0 unspecified atom stereocenters. The van der Waals surface area contributed by atoms with Gasteiger partial charge in [0.25, 0.3) is 0 Å².